The average Bonchev–Trinajstić information content (AvgIpc) is 2.60. The molecule has 8 heteroatoms. The van der Waals surface area contributed by atoms with Crippen molar-refractivity contribution in [1.82, 2.24) is 10.0 Å². The van der Waals surface area contributed by atoms with Crippen molar-refractivity contribution < 1.29 is 22.7 Å². The standard InChI is InChI=1S/C19H22N2O5S/c1-13-7-8-18(11-14(13)2)27(24,25)21-10-9-20-19(23)16-5-4-6-17(12-16)26-15(3)22/h4-8,11-12,21H,9-10H2,1-3H3,(H,20,23). The second kappa shape index (κ2) is 8.79. The largest absolute Gasteiger partial charge is 0.427 e. The van der Waals surface area contributed by atoms with Crippen molar-refractivity contribution in [3.05, 3.63) is 59.2 Å². The summed E-state index contributed by atoms with van der Waals surface area (Å²) in [5.41, 5.74) is 2.21. The summed E-state index contributed by atoms with van der Waals surface area (Å²) in [6.45, 7) is 5.18. The first kappa shape index (κ1) is 20.6. The van der Waals surface area contributed by atoms with Crippen LogP contribution in [0.15, 0.2) is 47.4 Å². The Kier molecular flexibility index (Phi) is 6.70. The number of amides is 1. The fourth-order valence-electron chi connectivity index (χ4n) is 2.29. The highest BCUT2D eigenvalue weighted by molar-refractivity contribution is 7.89. The van der Waals surface area contributed by atoms with Gasteiger partial charge in [0.05, 0.1) is 4.90 Å². The van der Waals surface area contributed by atoms with Crippen molar-refractivity contribution >= 4 is 21.9 Å². The maximum absolute atomic E-state index is 12.3. The number of rotatable bonds is 7. The van der Waals surface area contributed by atoms with Crippen molar-refractivity contribution in [3.8, 4) is 5.75 Å². The number of hydrogen-bond acceptors (Lipinski definition) is 5. The molecule has 0 spiro atoms. The quantitative estimate of drug-likeness (QED) is 0.427. The third-order valence-electron chi connectivity index (χ3n) is 3.85. The van der Waals surface area contributed by atoms with Gasteiger partial charge >= 0.3 is 5.97 Å². The lowest BCUT2D eigenvalue weighted by Crippen LogP contribution is -2.34. The van der Waals surface area contributed by atoms with Gasteiger partial charge in [-0.05, 0) is 55.3 Å². The second-order valence-corrected chi connectivity index (χ2v) is 7.79. The number of ether oxygens (including phenoxy) is 1. The van der Waals surface area contributed by atoms with E-state index in [1.807, 2.05) is 13.8 Å². The van der Waals surface area contributed by atoms with Gasteiger partial charge in [0.25, 0.3) is 5.91 Å². The van der Waals surface area contributed by atoms with Crippen LogP contribution in [0.5, 0.6) is 5.75 Å². The van der Waals surface area contributed by atoms with E-state index >= 15 is 0 Å². The van der Waals surface area contributed by atoms with Crippen molar-refractivity contribution in [2.24, 2.45) is 0 Å². The Hall–Kier alpha value is -2.71. The molecule has 0 atom stereocenters. The van der Waals surface area contributed by atoms with Gasteiger partial charge in [0.1, 0.15) is 5.75 Å². The normalized spacial score (nSPS) is 11.1. The van der Waals surface area contributed by atoms with E-state index in [2.05, 4.69) is 10.0 Å². The van der Waals surface area contributed by atoms with Crippen LogP contribution in [-0.2, 0) is 14.8 Å². The van der Waals surface area contributed by atoms with E-state index in [0.717, 1.165) is 11.1 Å². The summed E-state index contributed by atoms with van der Waals surface area (Å²) in [5.74, 6) is -0.603. The Balaban J connectivity index is 1.89. The maximum atomic E-state index is 12.3. The zero-order valence-corrected chi connectivity index (χ0v) is 16.2. The summed E-state index contributed by atoms with van der Waals surface area (Å²) in [7, 11) is -3.64. The SMILES string of the molecule is CC(=O)Oc1cccc(C(=O)NCCNS(=O)(=O)c2ccc(C)c(C)c2)c1. The van der Waals surface area contributed by atoms with Crippen LogP contribution >= 0.6 is 0 Å². The number of sulfonamides is 1. The van der Waals surface area contributed by atoms with E-state index in [9.17, 15) is 18.0 Å². The summed E-state index contributed by atoms with van der Waals surface area (Å²) >= 11 is 0. The molecule has 0 aliphatic heterocycles. The molecule has 0 saturated carbocycles. The summed E-state index contributed by atoms with van der Waals surface area (Å²) in [6, 6.07) is 11.1. The highest BCUT2D eigenvalue weighted by Crippen LogP contribution is 2.15. The number of esters is 1. The molecule has 2 aromatic rings. The molecule has 144 valence electrons. The van der Waals surface area contributed by atoms with E-state index < -0.39 is 21.9 Å². The third kappa shape index (κ3) is 5.90. The minimum absolute atomic E-state index is 0.0463. The van der Waals surface area contributed by atoms with Crippen LogP contribution in [0.1, 0.15) is 28.4 Å². The van der Waals surface area contributed by atoms with Crippen LogP contribution in [-0.4, -0.2) is 33.4 Å². The molecule has 7 nitrogen and oxygen atoms in total. The lowest BCUT2D eigenvalue weighted by Gasteiger charge is -2.10. The van der Waals surface area contributed by atoms with Gasteiger partial charge in [-0.1, -0.05) is 12.1 Å². The molecule has 0 unspecified atom stereocenters. The predicted molar refractivity (Wildman–Crippen MR) is 101 cm³/mol. The molecule has 2 aromatic carbocycles. The monoisotopic (exact) mass is 390 g/mol. The Morgan fingerprint density at radius 3 is 2.41 bits per heavy atom. The van der Waals surface area contributed by atoms with Crippen molar-refractivity contribution in [1.29, 1.82) is 0 Å². The second-order valence-electron chi connectivity index (χ2n) is 6.02. The highest BCUT2D eigenvalue weighted by atomic mass is 32.2. The average molecular weight is 390 g/mol. The fraction of sp³-hybridized carbons (Fsp3) is 0.263. The highest BCUT2D eigenvalue weighted by Gasteiger charge is 2.14. The molecule has 0 fully saturated rings. The van der Waals surface area contributed by atoms with Crippen LogP contribution in [0.4, 0.5) is 0 Å². The molecule has 0 aliphatic carbocycles. The predicted octanol–water partition coefficient (Wildman–Crippen LogP) is 1.94. The van der Waals surface area contributed by atoms with Crippen LogP contribution in [0, 0.1) is 13.8 Å². The van der Waals surface area contributed by atoms with E-state index in [-0.39, 0.29) is 23.7 Å². The molecule has 0 heterocycles. The summed E-state index contributed by atoms with van der Waals surface area (Å²) in [5, 5.41) is 2.62. The van der Waals surface area contributed by atoms with Crippen LogP contribution < -0.4 is 14.8 Å². The van der Waals surface area contributed by atoms with Gasteiger partial charge in [0, 0.05) is 25.6 Å². The topological polar surface area (TPSA) is 102 Å². The number of benzene rings is 2. The van der Waals surface area contributed by atoms with Crippen LogP contribution in [0.25, 0.3) is 0 Å². The van der Waals surface area contributed by atoms with Gasteiger partial charge in [0.15, 0.2) is 0 Å². The Morgan fingerprint density at radius 1 is 1.00 bits per heavy atom. The molecule has 2 rings (SSSR count). The number of nitrogens with one attached hydrogen (secondary N) is 2. The molecular weight excluding hydrogens is 368 g/mol. The lowest BCUT2D eigenvalue weighted by molar-refractivity contribution is -0.131. The van der Waals surface area contributed by atoms with Gasteiger partial charge in [-0.2, -0.15) is 0 Å². The molecule has 0 aliphatic rings. The van der Waals surface area contributed by atoms with E-state index in [0.29, 0.717) is 5.56 Å². The van der Waals surface area contributed by atoms with Gasteiger partial charge in [-0.25, -0.2) is 13.1 Å². The van der Waals surface area contributed by atoms with Gasteiger partial charge in [-0.3, -0.25) is 9.59 Å². The summed E-state index contributed by atoms with van der Waals surface area (Å²) < 4.78 is 32.0. The zero-order valence-electron chi connectivity index (χ0n) is 15.4. The fourth-order valence-corrected chi connectivity index (χ4v) is 3.41. The lowest BCUT2D eigenvalue weighted by atomic mass is 10.1. The molecule has 0 radical (unpaired) electrons. The van der Waals surface area contributed by atoms with Crippen molar-refractivity contribution in [3.63, 3.8) is 0 Å². The van der Waals surface area contributed by atoms with Crippen molar-refractivity contribution in [2.45, 2.75) is 25.7 Å². The third-order valence-corrected chi connectivity index (χ3v) is 5.31. The van der Waals surface area contributed by atoms with Gasteiger partial charge in [0.2, 0.25) is 10.0 Å². The molecule has 27 heavy (non-hydrogen) atoms. The van der Waals surface area contributed by atoms with E-state index in [1.54, 1.807) is 36.4 Å². The number of hydrogen-bond donors (Lipinski definition) is 2. The Morgan fingerprint density at radius 2 is 1.74 bits per heavy atom. The summed E-state index contributed by atoms with van der Waals surface area (Å²) in [4.78, 5) is 23.3. The molecule has 0 aromatic heterocycles. The van der Waals surface area contributed by atoms with Gasteiger partial charge < -0.3 is 10.1 Å². The minimum Gasteiger partial charge on any atom is -0.427 e. The molecule has 2 N–H and O–H groups in total. The smallest absolute Gasteiger partial charge is 0.308 e. The summed E-state index contributed by atoms with van der Waals surface area (Å²) in [6.07, 6.45) is 0. The number of aryl methyl sites for hydroxylation is 2. The molecule has 1 amide bonds. The molecule has 0 saturated heterocycles. The van der Waals surface area contributed by atoms with E-state index in [4.69, 9.17) is 4.74 Å². The first-order chi connectivity index (χ1) is 12.7. The zero-order chi connectivity index (χ0) is 20.0. The maximum Gasteiger partial charge on any atom is 0.308 e. The van der Waals surface area contributed by atoms with Crippen LogP contribution in [0.3, 0.4) is 0 Å². The van der Waals surface area contributed by atoms with Gasteiger partial charge in [-0.15, -0.1) is 0 Å². The first-order valence-electron chi connectivity index (χ1n) is 8.32. The number of carbonyl (C=O) groups is 2. The first-order valence-corrected chi connectivity index (χ1v) is 9.81. The molecule has 0 bridgehead atoms. The Labute approximate surface area is 158 Å². The Bertz CT molecular complexity index is 954. The van der Waals surface area contributed by atoms with Crippen LogP contribution in [0.2, 0.25) is 0 Å². The minimum atomic E-state index is -3.64. The van der Waals surface area contributed by atoms with E-state index in [1.165, 1.54) is 13.0 Å². The molecular formula is C19H22N2O5S. The van der Waals surface area contributed by atoms with Crippen molar-refractivity contribution in [2.75, 3.05) is 13.1 Å². The number of carbonyl (C=O) groups excluding carboxylic acids is 2.